The second kappa shape index (κ2) is 5.68. The predicted molar refractivity (Wildman–Crippen MR) is 41.0 cm³/mol. The molecule has 0 radical (unpaired) electrons. The van der Waals surface area contributed by atoms with Crippen molar-refractivity contribution in [2.45, 2.75) is 18.9 Å². The fourth-order valence-corrected chi connectivity index (χ4v) is 0.819. The highest BCUT2D eigenvalue weighted by atomic mass is 79.9. The Hall–Kier alpha value is -0.0900. The normalized spacial score (nSPS) is 12.7. The van der Waals surface area contributed by atoms with Crippen LogP contribution >= 0.6 is 15.9 Å². The van der Waals surface area contributed by atoms with E-state index in [1.54, 1.807) is 6.92 Å². The Morgan fingerprint density at radius 3 is 2.50 bits per heavy atom. The summed E-state index contributed by atoms with van der Waals surface area (Å²) in [6, 6.07) is 0. The first-order valence-corrected chi connectivity index (χ1v) is 4.06. The third kappa shape index (κ3) is 3.85. The molecule has 0 fully saturated rings. The molecule has 10 heavy (non-hydrogen) atoms. The molecular weight excluding hydrogens is 200 g/mol. The SMILES string of the molecule is CCOC(=O)C(Br)OCC. The maximum atomic E-state index is 10.7. The van der Waals surface area contributed by atoms with Crippen molar-refractivity contribution in [1.29, 1.82) is 0 Å². The zero-order valence-corrected chi connectivity index (χ0v) is 7.68. The Balaban J connectivity index is 3.49. The zero-order valence-electron chi connectivity index (χ0n) is 6.09. The first-order chi connectivity index (χ1) is 4.72. The van der Waals surface area contributed by atoms with Crippen LogP contribution in [0.4, 0.5) is 0 Å². The van der Waals surface area contributed by atoms with Crippen molar-refractivity contribution in [1.82, 2.24) is 0 Å². The summed E-state index contributed by atoms with van der Waals surface area (Å²) in [7, 11) is 0. The van der Waals surface area contributed by atoms with Crippen LogP contribution in [0.25, 0.3) is 0 Å². The quantitative estimate of drug-likeness (QED) is 0.519. The fraction of sp³-hybridized carbons (Fsp3) is 0.833. The maximum Gasteiger partial charge on any atom is 0.346 e. The molecule has 0 saturated heterocycles. The number of alkyl halides is 1. The van der Waals surface area contributed by atoms with Gasteiger partial charge in [-0.1, -0.05) is 0 Å². The zero-order chi connectivity index (χ0) is 7.98. The third-order valence-corrected chi connectivity index (χ3v) is 1.42. The Morgan fingerprint density at radius 2 is 2.10 bits per heavy atom. The predicted octanol–water partition coefficient (Wildman–Crippen LogP) is 1.31. The largest absolute Gasteiger partial charge is 0.463 e. The van der Waals surface area contributed by atoms with Crippen LogP contribution in [-0.4, -0.2) is 24.2 Å². The molecule has 0 aliphatic rings. The van der Waals surface area contributed by atoms with Gasteiger partial charge in [0, 0.05) is 6.61 Å². The van der Waals surface area contributed by atoms with Crippen molar-refractivity contribution in [2.24, 2.45) is 0 Å². The minimum Gasteiger partial charge on any atom is -0.463 e. The molecule has 0 bridgehead atoms. The number of carbonyl (C=O) groups is 1. The van der Waals surface area contributed by atoms with Crippen molar-refractivity contribution < 1.29 is 14.3 Å². The number of hydrogen-bond acceptors (Lipinski definition) is 3. The van der Waals surface area contributed by atoms with E-state index in [1.807, 2.05) is 6.92 Å². The molecular formula is C6H11BrO3. The smallest absolute Gasteiger partial charge is 0.346 e. The Kier molecular flexibility index (Phi) is 5.63. The van der Waals surface area contributed by atoms with Gasteiger partial charge in [-0.25, -0.2) is 4.79 Å². The van der Waals surface area contributed by atoms with Crippen molar-refractivity contribution in [3.05, 3.63) is 0 Å². The van der Waals surface area contributed by atoms with E-state index in [2.05, 4.69) is 20.7 Å². The molecule has 0 aliphatic carbocycles. The lowest BCUT2D eigenvalue weighted by molar-refractivity contribution is -0.150. The van der Waals surface area contributed by atoms with Crippen LogP contribution in [0.2, 0.25) is 0 Å². The maximum absolute atomic E-state index is 10.7. The molecule has 0 aliphatic heterocycles. The van der Waals surface area contributed by atoms with Gasteiger partial charge in [-0.2, -0.15) is 0 Å². The van der Waals surface area contributed by atoms with Gasteiger partial charge in [0.15, 0.2) is 0 Å². The Labute approximate surface area is 68.8 Å². The summed E-state index contributed by atoms with van der Waals surface area (Å²) in [6.07, 6.45) is 0. The van der Waals surface area contributed by atoms with Gasteiger partial charge >= 0.3 is 5.97 Å². The summed E-state index contributed by atoms with van der Waals surface area (Å²) in [5.41, 5.74) is 0. The Morgan fingerprint density at radius 1 is 1.50 bits per heavy atom. The third-order valence-electron chi connectivity index (χ3n) is 0.785. The molecule has 1 atom stereocenters. The van der Waals surface area contributed by atoms with Crippen LogP contribution in [0, 0.1) is 0 Å². The molecule has 0 aromatic rings. The molecule has 60 valence electrons. The van der Waals surface area contributed by atoms with Crippen LogP contribution in [0.15, 0.2) is 0 Å². The average molecular weight is 211 g/mol. The number of hydrogen-bond donors (Lipinski definition) is 0. The summed E-state index contributed by atoms with van der Waals surface area (Å²) < 4.78 is 9.54. The van der Waals surface area contributed by atoms with Gasteiger partial charge in [-0.05, 0) is 29.8 Å². The first kappa shape index (κ1) is 9.91. The van der Waals surface area contributed by atoms with Gasteiger partial charge in [0.2, 0.25) is 5.01 Å². The van der Waals surface area contributed by atoms with E-state index in [9.17, 15) is 4.79 Å². The number of esters is 1. The highest BCUT2D eigenvalue weighted by Crippen LogP contribution is 2.03. The van der Waals surface area contributed by atoms with Gasteiger partial charge < -0.3 is 9.47 Å². The van der Waals surface area contributed by atoms with Gasteiger partial charge in [0.05, 0.1) is 6.61 Å². The molecule has 0 N–H and O–H groups in total. The lowest BCUT2D eigenvalue weighted by Crippen LogP contribution is -2.20. The summed E-state index contributed by atoms with van der Waals surface area (Å²) in [5.74, 6) is -0.371. The highest BCUT2D eigenvalue weighted by Gasteiger charge is 2.14. The van der Waals surface area contributed by atoms with Crippen molar-refractivity contribution >= 4 is 21.9 Å². The van der Waals surface area contributed by atoms with E-state index >= 15 is 0 Å². The monoisotopic (exact) mass is 210 g/mol. The molecule has 0 aromatic heterocycles. The van der Waals surface area contributed by atoms with Crippen molar-refractivity contribution in [2.75, 3.05) is 13.2 Å². The first-order valence-electron chi connectivity index (χ1n) is 3.14. The topological polar surface area (TPSA) is 35.5 Å². The number of halogens is 1. The van der Waals surface area contributed by atoms with Crippen LogP contribution in [0.3, 0.4) is 0 Å². The van der Waals surface area contributed by atoms with E-state index in [0.717, 1.165) is 0 Å². The number of carbonyl (C=O) groups excluding carboxylic acids is 1. The van der Waals surface area contributed by atoms with Gasteiger partial charge in [0.25, 0.3) is 0 Å². The van der Waals surface area contributed by atoms with Crippen LogP contribution < -0.4 is 0 Å². The van der Waals surface area contributed by atoms with Crippen LogP contribution in [-0.2, 0) is 14.3 Å². The Bertz CT molecular complexity index is 105. The van der Waals surface area contributed by atoms with E-state index in [1.165, 1.54) is 0 Å². The average Bonchev–Trinajstić information content (AvgIpc) is 1.89. The lowest BCUT2D eigenvalue weighted by Gasteiger charge is -2.07. The minimum atomic E-state index is -0.613. The second-order valence-electron chi connectivity index (χ2n) is 1.52. The van der Waals surface area contributed by atoms with E-state index in [-0.39, 0.29) is 5.97 Å². The molecule has 0 rings (SSSR count). The highest BCUT2D eigenvalue weighted by molar-refractivity contribution is 9.09. The minimum absolute atomic E-state index is 0.371. The van der Waals surface area contributed by atoms with Gasteiger partial charge in [-0.15, -0.1) is 0 Å². The molecule has 1 unspecified atom stereocenters. The molecule has 0 aromatic carbocycles. The lowest BCUT2D eigenvalue weighted by atomic mass is 10.7. The van der Waals surface area contributed by atoms with Gasteiger partial charge in [-0.3, -0.25) is 0 Å². The standard InChI is InChI=1S/C6H11BrO3/c1-3-9-5(7)6(8)10-4-2/h5H,3-4H2,1-2H3. The molecule has 0 spiro atoms. The molecule has 3 nitrogen and oxygen atoms in total. The molecule has 0 heterocycles. The summed E-state index contributed by atoms with van der Waals surface area (Å²) in [5, 5.41) is -0.613. The number of ether oxygens (including phenoxy) is 2. The van der Waals surface area contributed by atoms with Crippen molar-refractivity contribution in [3.63, 3.8) is 0 Å². The molecule has 0 saturated carbocycles. The molecule has 0 amide bonds. The van der Waals surface area contributed by atoms with Gasteiger partial charge in [0.1, 0.15) is 0 Å². The van der Waals surface area contributed by atoms with E-state index in [4.69, 9.17) is 4.74 Å². The van der Waals surface area contributed by atoms with Crippen LogP contribution in [0.1, 0.15) is 13.8 Å². The van der Waals surface area contributed by atoms with Crippen molar-refractivity contribution in [3.8, 4) is 0 Å². The number of rotatable bonds is 4. The summed E-state index contributed by atoms with van der Waals surface area (Å²) in [6.45, 7) is 4.44. The molecule has 4 heteroatoms. The summed E-state index contributed by atoms with van der Waals surface area (Å²) >= 11 is 3.01. The van der Waals surface area contributed by atoms with E-state index in [0.29, 0.717) is 13.2 Å². The van der Waals surface area contributed by atoms with E-state index < -0.39 is 5.01 Å². The fourth-order valence-electron chi connectivity index (χ4n) is 0.422. The summed E-state index contributed by atoms with van der Waals surface area (Å²) in [4.78, 5) is 10.7. The second-order valence-corrected chi connectivity index (χ2v) is 2.36. The van der Waals surface area contributed by atoms with Crippen LogP contribution in [0.5, 0.6) is 0 Å².